The fourth-order valence-electron chi connectivity index (χ4n) is 2.95. The smallest absolute Gasteiger partial charge is 0.344 e. The zero-order chi connectivity index (χ0) is 23.0. The predicted molar refractivity (Wildman–Crippen MR) is 117 cm³/mol. The Hall–Kier alpha value is -3.22. The van der Waals surface area contributed by atoms with Crippen molar-refractivity contribution < 1.29 is 33.3 Å². The van der Waals surface area contributed by atoms with Crippen molar-refractivity contribution in [3.8, 4) is 23.0 Å². The Morgan fingerprint density at radius 3 is 2.13 bits per heavy atom. The molecule has 0 saturated carbocycles. The monoisotopic (exact) mass is 430 g/mol. The molecule has 31 heavy (non-hydrogen) atoms. The van der Waals surface area contributed by atoms with Gasteiger partial charge in [0.2, 0.25) is 0 Å². The van der Waals surface area contributed by atoms with Gasteiger partial charge in [-0.1, -0.05) is 12.1 Å². The minimum absolute atomic E-state index is 0.0560. The van der Waals surface area contributed by atoms with Gasteiger partial charge in [-0.25, -0.2) is 4.79 Å². The minimum atomic E-state index is -0.580. The van der Waals surface area contributed by atoms with E-state index in [4.69, 9.17) is 23.7 Å². The topological polar surface area (TPSA) is 80.3 Å². The molecule has 7 nitrogen and oxygen atoms in total. The van der Waals surface area contributed by atoms with Crippen LogP contribution in [0.5, 0.6) is 23.0 Å². The molecular formula is C24H30O7. The molecule has 0 unspecified atom stereocenters. The number of esters is 1. The fourth-order valence-corrected chi connectivity index (χ4v) is 2.95. The second kappa shape index (κ2) is 10.7. The third-order valence-corrected chi connectivity index (χ3v) is 4.34. The number of rotatable bonds is 10. The fraction of sp³-hybridized carbons (Fsp3) is 0.417. The van der Waals surface area contributed by atoms with E-state index in [2.05, 4.69) is 0 Å². The lowest BCUT2D eigenvalue weighted by Crippen LogP contribution is -2.27. The summed E-state index contributed by atoms with van der Waals surface area (Å²) in [5.41, 5.74) is 0.760. The molecule has 0 atom stereocenters. The highest BCUT2D eigenvalue weighted by Gasteiger charge is 2.17. The Balaban J connectivity index is 2.03. The van der Waals surface area contributed by atoms with Crippen molar-refractivity contribution in [2.75, 3.05) is 27.9 Å². The van der Waals surface area contributed by atoms with Gasteiger partial charge in [-0.05, 0) is 51.0 Å². The SMILES string of the molecule is COc1cc(OC)c(OC)cc1CCC(=O)c1cccc(OCC(=O)OC(C)(C)C)c1. The van der Waals surface area contributed by atoms with Gasteiger partial charge in [0.25, 0.3) is 0 Å². The van der Waals surface area contributed by atoms with E-state index in [9.17, 15) is 9.59 Å². The molecule has 0 aromatic heterocycles. The first-order chi connectivity index (χ1) is 14.7. The third kappa shape index (κ3) is 7.20. The lowest BCUT2D eigenvalue weighted by molar-refractivity contribution is -0.157. The third-order valence-electron chi connectivity index (χ3n) is 4.34. The van der Waals surface area contributed by atoms with Crippen LogP contribution >= 0.6 is 0 Å². The minimum Gasteiger partial charge on any atom is -0.496 e. The van der Waals surface area contributed by atoms with Crippen LogP contribution in [0.3, 0.4) is 0 Å². The number of benzene rings is 2. The molecule has 0 bridgehead atoms. The van der Waals surface area contributed by atoms with E-state index in [0.29, 0.717) is 35.0 Å². The molecule has 0 aliphatic carbocycles. The number of hydrogen-bond donors (Lipinski definition) is 0. The highest BCUT2D eigenvalue weighted by Crippen LogP contribution is 2.35. The summed E-state index contributed by atoms with van der Waals surface area (Å²) in [6, 6.07) is 10.3. The Morgan fingerprint density at radius 2 is 1.52 bits per heavy atom. The number of methoxy groups -OCH3 is 3. The van der Waals surface area contributed by atoms with Gasteiger partial charge < -0.3 is 23.7 Å². The summed E-state index contributed by atoms with van der Waals surface area (Å²) in [4.78, 5) is 24.6. The zero-order valence-electron chi connectivity index (χ0n) is 18.9. The zero-order valence-corrected chi connectivity index (χ0v) is 18.9. The van der Waals surface area contributed by atoms with Crippen molar-refractivity contribution in [1.29, 1.82) is 0 Å². The van der Waals surface area contributed by atoms with Gasteiger partial charge in [0.1, 0.15) is 17.1 Å². The van der Waals surface area contributed by atoms with Gasteiger partial charge in [0.05, 0.1) is 21.3 Å². The molecule has 2 aromatic rings. The van der Waals surface area contributed by atoms with E-state index in [1.54, 1.807) is 72.4 Å². The van der Waals surface area contributed by atoms with Gasteiger partial charge in [0, 0.05) is 18.1 Å². The second-order valence-electron chi connectivity index (χ2n) is 7.85. The molecule has 0 aliphatic rings. The molecule has 7 heteroatoms. The maximum absolute atomic E-state index is 12.7. The highest BCUT2D eigenvalue weighted by atomic mass is 16.6. The van der Waals surface area contributed by atoms with Crippen molar-refractivity contribution >= 4 is 11.8 Å². The van der Waals surface area contributed by atoms with Crippen LogP contribution in [0.15, 0.2) is 36.4 Å². The Kier molecular flexibility index (Phi) is 8.30. The van der Waals surface area contributed by atoms with E-state index in [1.807, 2.05) is 6.07 Å². The number of hydrogen-bond acceptors (Lipinski definition) is 7. The van der Waals surface area contributed by atoms with Crippen molar-refractivity contribution in [2.24, 2.45) is 0 Å². The van der Waals surface area contributed by atoms with E-state index in [-0.39, 0.29) is 18.8 Å². The van der Waals surface area contributed by atoms with Crippen molar-refractivity contribution in [3.63, 3.8) is 0 Å². The second-order valence-corrected chi connectivity index (χ2v) is 7.85. The van der Waals surface area contributed by atoms with E-state index >= 15 is 0 Å². The van der Waals surface area contributed by atoms with Crippen LogP contribution in [0, 0.1) is 0 Å². The first kappa shape index (κ1) is 24.1. The van der Waals surface area contributed by atoms with Crippen LogP contribution in [0.1, 0.15) is 43.1 Å². The van der Waals surface area contributed by atoms with Crippen LogP contribution < -0.4 is 18.9 Å². The lowest BCUT2D eigenvalue weighted by Gasteiger charge is -2.19. The molecule has 0 spiro atoms. The van der Waals surface area contributed by atoms with Crippen LogP contribution in [-0.4, -0.2) is 45.3 Å². The molecule has 2 aromatic carbocycles. The molecule has 0 aliphatic heterocycles. The number of carbonyl (C=O) groups is 2. The van der Waals surface area contributed by atoms with Gasteiger partial charge in [-0.15, -0.1) is 0 Å². The predicted octanol–water partition coefficient (Wildman–Crippen LogP) is 4.25. The number of Topliss-reactive ketones (excluding diaryl/α,β-unsaturated/α-hetero) is 1. The molecule has 0 N–H and O–H groups in total. The van der Waals surface area contributed by atoms with Gasteiger partial charge in [0.15, 0.2) is 23.9 Å². The highest BCUT2D eigenvalue weighted by molar-refractivity contribution is 5.96. The molecular weight excluding hydrogens is 400 g/mol. The molecule has 168 valence electrons. The van der Waals surface area contributed by atoms with Crippen LogP contribution in [-0.2, 0) is 16.0 Å². The Morgan fingerprint density at radius 1 is 0.871 bits per heavy atom. The Labute approximate surface area is 183 Å². The Bertz CT molecular complexity index is 913. The first-order valence-corrected chi connectivity index (χ1v) is 9.93. The molecule has 0 amide bonds. The maximum Gasteiger partial charge on any atom is 0.344 e. The molecule has 0 fully saturated rings. The van der Waals surface area contributed by atoms with Crippen molar-refractivity contribution in [2.45, 2.75) is 39.2 Å². The van der Waals surface area contributed by atoms with Gasteiger partial charge in [-0.3, -0.25) is 4.79 Å². The summed E-state index contributed by atoms with van der Waals surface area (Å²) >= 11 is 0. The van der Waals surface area contributed by atoms with E-state index < -0.39 is 11.6 Å². The number of aryl methyl sites for hydroxylation is 1. The summed E-state index contributed by atoms with van der Waals surface area (Å²) in [6.07, 6.45) is 0.729. The number of ketones is 1. The van der Waals surface area contributed by atoms with Gasteiger partial charge >= 0.3 is 5.97 Å². The van der Waals surface area contributed by atoms with Crippen LogP contribution in [0.2, 0.25) is 0 Å². The largest absolute Gasteiger partial charge is 0.496 e. The summed E-state index contributed by atoms with van der Waals surface area (Å²) < 4.78 is 26.8. The molecule has 0 heterocycles. The van der Waals surface area contributed by atoms with Crippen molar-refractivity contribution in [1.82, 2.24) is 0 Å². The number of ether oxygens (including phenoxy) is 5. The standard InChI is InChI=1S/C24H30O7/c1-24(2,3)31-23(26)15-30-18-9-7-8-16(12-18)19(25)11-10-17-13-21(28-5)22(29-6)14-20(17)27-4/h7-9,12-14H,10-11,15H2,1-6H3. The average molecular weight is 430 g/mol. The number of carbonyl (C=O) groups excluding carboxylic acids is 2. The quantitative estimate of drug-likeness (QED) is 0.412. The summed E-state index contributed by atoms with van der Waals surface area (Å²) in [5.74, 6) is 1.66. The average Bonchev–Trinajstić information content (AvgIpc) is 2.74. The summed E-state index contributed by atoms with van der Waals surface area (Å²) in [7, 11) is 4.68. The van der Waals surface area contributed by atoms with E-state index in [0.717, 1.165) is 5.56 Å². The molecule has 0 saturated heterocycles. The van der Waals surface area contributed by atoms with Gasteiger partial charge in [-0.2, -0.15) is 0 Å². The maximum atomic E-state index is 12.7. The first-order valence-electron chi connectivity index (χ1n) is 9.93. The molecule has 2 rings (SSSR count). The lowest BCUT2D eigenvalue weighted by atomic mass is 10.0. The summed E-state index contributed by atoms with van der Waals surface area (Å²) in [5, 5.41) is 0. The van der Waals surface area contributed by atoms with Crippen LogP contribution in [0.4, 0.5) is 0 Å². The van der Waals surface area contributed by atoms with E-state index in [1.165, 1.54) is 0 Å². The summed E-state index contributed by atoms with van der Waals surface area (Å²) in [6.45, 7) is 5.14. The van der Waals surface area contributed by atoms with Crippen LogP contribution in [0.25, 0.3) is 0 Å². The normalized spacial score (nSPS) is 10.9. The molecule has 0 radical (unpaired) electrons. The van der Waals surface area contributed by atoms with Crippen molar-refractivity contribution in [3.05, 3.63) is 47.5 Å².